The minimum absolute atomic E-state index is 0.0303. The summed E-state index contributed by atoms with van der Waals surface area (Å²) in [6, 6.07) is 5.00. The van der Waals surface area contributed by atoms with E-state index in [0.717, 1.165) is 12.0 Å². The molecule has 0 amide bonds. The maximum atomic E-state index is 12.1. The first-order valence-electron chi connectivity index (χ1n) is 7.86. The highest BCUT2D eigenvalue weighted by Crippen LogP contribution is 2.27. The summed E-state index contributed by atoms with van der Waals surface area (Å²) in [5.41, 5.74) is 1.57. The standard InChI is InChI=1S/C18H26O5/c1-3-14(8-9-19)15(12-20)11-16(21)6-4-13-5-7-17(22)18(10-13)23-2/h5,7,10-11,14,19-20,22H,3-4,6,8-9,12H2,1-2H3. The molecule has 0 saturated heterocycles. The number of rotatable bonds is 10. The highest BCUT2D eigenvalue weighted by Gasteiger charge is 2.13. The number of methoxy groups -OCH3 is 1. The number of phenols is 1. The second-order valence-electron chi connectivity index (χ2n) is 5.47. The maximum Gasteiger partial charge on any atom is 0.160 e. The van der Waals surface area contributed by atoms with Crippen molar-refractivity contribution < 1.29 is 24.9 Å². The molecular weight excluding hydrogens is 296 g/mol. The number of hydrogen-bond donors (Lipinski definition) is 3. The zero-order chi connectivity index (χ0) is 17.2. The Bertz CT molecular complexity index is 536. The fourth-order valence-electron chi connectivity index (χ4n) is 2.52. The van der Waals surface area contributed by atoms with Gasteiger partial charge in [-0.1, -0.05) is 13.0 Å². The van der Waals surface area contributed by atoms with Gasteiger partial charge >= 0.3 is 0 Å². The van der Waals surface area contributed by atoms with Crippen LogP contribution in [-0.2, 0) is 11.2 Å². The van der Waals surface area contributed by atoms with E-state index in [0.29, 0.717) is 30.6 Å². The number of aromatic hydroxyl groups is 1. The molecule has 1 rings (SSSR count). The van der Waals surface area contributed by atoms with E-state index in [4.69, 9.17) is 9.84 Å². The number of hydrogen-bond acceptors (Lipinski definition) is 5. The van der Waals surface area contributed by atoms with Crippen molar-refractivity contribution in [1.29, 1.82) is 0 Å². The van der Waals surface area contributed by atoms with E-state index in [1.807, 2.05) is 6.92 Å². The van der Waals surface area contributed by atoms with Crippen LogP contribution in [0.25, 0.3) is 0 Å². The van der Waals surface area contributed by atoms with Gasteiger partial charge in [-0.25, -0.2) is 0 Å². The van der Waals surface area contributed by atoms with E-state index in [9.17, 15) is 15.0 Å². The van der Waals surface area contributed by atoms with Gasteiger partial charge in [0.1, 0.15) is 0 Å². The molecule has 0 radical (unpaired) electrons. The number of allylic oxidation sites excluding steroid dienone is 1. The Morgan fingerprint density at radius 1 is 1.35 bits per heavy atom. The number of aliphatic hydroxyl groups is 2. The number of aliphatic hydroxyl groups excluding tert-OH is 2. The summed E-state index contributed by atoms with van der Waals surface area (Å²) in [4.78, 5) is 12.1. The molecule has 23 heavy (non-hydrogen) atoms. The minimum Gasteiger partial charge on any atom is -0.504 e. The summed E-state index contributed by atoms with van der Waals surface area (Å²) < 4.78 is 5.04. The molecule has 0 heterocycles. The predicted molar refractivity (Wildman–Crippen MR) is 88.6 cm³/mol. The predicted octanol–water partition coefficient (Wildman–Crippen LogP) is 2.23. The number of carbonyl (C=O) groups is 1. The number of carbonyl (C=O) groups excluding carboxylic acids is 1. The first-order valence-corrected chi connectivity index (χ1v) is 7.86. The van der Waals surface area contributed by atoms with Crippen LogP contribution in [0.15, 0.2) is 29.8 Å². The zero-order valence-electron chi connectivity index (χ0n) is 13.8. The van der Waals surface area contributed by atoms with Gasteiger partial charge in [0.15, 0.2) is 17.3 Å². The lowest BCUT2D eigenvalue weighted by molar-refractivity contribution is -0.114. The molecular formula is C18H26O5. The molecule has 5 nitrogen and oxygen atoms in total. The molecule has 3 N–H and O–H groups in total. The van der Waals surface area contributed by atoms with Crippen LogP contribution in [-0.4, -0.2) is 41.4 Å². The van der Waals surface area contributed by atoms with Crippen LogP contribution >= 0.6 is 0 Å². The molecule has 0 aromatic heterocycles. The largest absolute Gasteiger partial charge is 0.504 e. The lowest BCUT2D eigenvalue weighted by Gasteiger charge is -2.15. The van der Waals surface area contributed by atoms with E-state index in [1.165, 1.54) is 13.2 Å². The molecule has 0 saturated carbocycles. The third kappa shape index (κ3) is 6.04. The van der Waals surface area contributed by atoms with Crippen molar-refractivity contribution in [2.75, 3.05) is 20.3 Å². The van der Waals surface area contributed by atoms with Gasteiger partial charge in [-0.3, -0.25) is 4.79 Å². The van der Waals surface area contributed by atoms with Gasteiger partial charge in [0.25, 0.3) is 0 Å². The minimum atomic E-state index is -0.169. The highest BCUT2D eigenvalue weighted by atomic mass is 16.5. The third-order valence-electron chi connectivity index (χ3n) is 3.93. The Morgan fingerprint density at radius 3 is 2.65 bits per heavy atom. The molecule has 0 bridgehead atoms. The Hall–Kier alpha value is -1.85. The summed E-state index contributed by atoms with van der Waals surface area (Å²) >= 11 is 0. The van der Waals surface area contributed by atoms with E-state index >= 15 is 0 Å². The summed E-state index contributed by atoms with van der Waals surface area (Å²) in [5.74, 6) is 0.426. The second kappa shape index (κ2) is 10.0. The average molecular weight is 322 g/mol. The van der Waals surface area contributed by atoms with Crippen molar-refractivity contribution in [3.05, 3.63) is 35.4 Å². The van der Waals surface area contributed by atoms with Gasteiger partial charge in [-0.2, -0.15) is 0 Å². The summed E-state index contributed by atoms with van der Waals surface area (Å²) in [6.45, 7) is 1.84. The second-order valence-corrected chi connectivity index (χ2v) is 5.47. The smallest absolute Gasteiger partial charge is 0.160 e. The summed E-state index contributed by atoms with van der Waals surface area (Å²) in [7, 11) is 1.48. The molecule has 0 fully saturated rings. The average Bonchev–Trinajstić information content (AvgIpc) is 2.57. The molecule has 5 heteroatoms. The van der Waals surface area contributed by atoms with E-state index < -0.39 is 0 Å². The fraction of sp³-hybridized carbons (Fsp3) is 0.500. The van der Waals surface area contributed by atoms with E-state index in [-0.39, 0.29) is 30.7 Å². The molecule has 0 aliphatic carbocycles. The Labute approximate surface area is 137 Å². The number of phenolic OH excluding ortho intramolecular Hbond substituents is 1. The molecule has 0 aliphatic rings. The maximum absolute atomic E-state index is 12.1. The van der Waals surface area contributed by atoms with Crippen LogP contribution < -0.4 is 4.74 Å². The number of ketones is 1. The van der Waals surface area contributed by atoms with Crippen LogP contribution in [0.1, 0.15) is 31.7 Å². The monoisotopic (exact) mass is 322 g/mol. The van der Waals surface area contributed by atoms with Crippen LogP contribution in [0.2, 0.25) is 0 Å². The lowest BCUT2D eigenvalue weighted by atomic mass is 9.92. The van der Waals surface area contributed by atoms with Crippen molar-refractivity contribution in [3.8, 4) is 11.5 Å². The SMILES string of the molecule is CCC(CCO)C(=CC(=O)CCc1ccc(O)c(OC)c1)CO. The molecule has 1 atom stereocenters. The zero-order valence-corrected chi connectivity index (χ0v) is 13.8. The number of aryl methyl sites for hydroxylation is 1. The van der Waals surface area contributed by atoms with Crippen LogP contribution in [0.3, 0.4) is 0 Å². The van der Waals surface area contributed by atoms with Crippen LogP contribution in [0.4, 0.5) is 0 Å². The van der Waals surface area contributed by atoms with Crippen LogP contribution in [0, 0.1) is 5.92 Å². The Balaban J connectivity index is 2.69. The Kier molecular flexibility index (Phi) is 8.37. The number of benzene rings is 1. The quantitative estimate of drug-likeness (QED) is 0.575. The van der Waals surface area contributed by atoms with E-state index in [2.05, 4.69) is 0 Å². The fourth-order valence-corrected chi connectivity index (χ4v) is 2.52. The third-order valence-corrected chi connectivity index (χ3v) is 3.93. The molecule has 0 aliphatic heterocycles. The summed E-state index contributed by atoms with van der Waals surface area (Å²) in [5, 5.41) is 28.0. The molecule has 1 unspecified atom stereocenters. The van der Waals surface area contributed by atoms with Gasteiger partial charge in [-0.05, 0) is 54.5 Å². The van der Waals surface area contributed by atoms with Crippen molar-refractivity contribution in [2.45, 2.75) is 32.6 Å². The van der Waals surface area contributed by atoms with E-state index in [1.54, 1.807) is 18.2 Å². The van der Waals surface area contributed by atoms with Gasteiger partial charge < -0.3 is 20.1 Å². The number of ether oxygens (including phenoxy) is 1. The molecule has 0 spiro atoms. The first kappa shape index (κ1) is 19.2. The topological polar surface area (TPSA) is 87.0 Å². The molecule has 128 valence electrons. The highest BCUT2D eigenvalue weighted by molar-refractivity contribution is 5.90. The lowest BCUT2D eigenvalue weighted by Crippen LogP contribution is -2.11. The Morgan fingerprint density at radius 2 is 2.09 bits per heavy atom. The van der Waals surface area contributed by atoms with Gasteiger partial charge in [-0.15, -0.1) is 0 Å². The van der Waals surface area contributed by atoms with Crippen molar-refractivity contribution in [3.63, 3.8) is 0 Å². The molecule has 1 aromatic carbocycles. The van der Waals surface area contributed by atoms with Crippen molar-refractivity contribution >= 4 is 5.78 Å². The van der Waals surface area contributed by atoms with Crippen molar-refractivity contribution in [2.24, 2.45) is 5.92 Å². The van der Waals surface area contributed by atoms with Crippen molar-refractivity contribution in [1.82, 2.24) is 0 Å². The summed E-state index contributed by atoms with van der Waals surface area (Å²) in [6.07, 6.45) is 3.66. The van der Waals surface area contributed by atoms with Gasteiger partial charge in [0.2, 0.25) is 0 Å². The van der Waals surface area contributed by atoms with Gasteiger partial charge in [0, 0.05) is 13.0 Å². The van der Waals surface area contributed by atoms with Crippen LogP contribution in [0.5, 0.6) is 11.5 Å². The van der Waals surface area contributed by atoms with Gasteiger partial charge in [0.05, 0.1) is 13.7 Å². The normalized spacial score (nSPS) is 13.0. The first-order chi connectivity index (χ1) is 11.0. The molecule has 1 aromatic rings.